The van der Waals surface area contributed by atoms with Gasteiger partial charge in [0.25, 0.3) is 0 Å². The highest BCUT2D eigenvalue weighted by Crippen LogP contribution is 2.17. The van der Waals surface area contributed by atoms with Crippen LogP contribution in [0.25, 0.3) is 0 Å². The minimum atomic E-state index is -0.702. The van der Waals surface area contributed by atoms with Crippen molar-refractivity contribution in [3.8, 4) is 0 Å². The van der Waals surface area contributed by atoms with Crippen LogP contribution in [0.2, 0.25) is 0 Å². The third-order valence-corrected chi connectivity index (χ3v) is 1.87. The molecule has 0 aromatic rings. The van der Waals surface area contributed by atoms with Gasteiger partial charge in [0.2, 0.25) is 12.2 Å². The molecule has 14 heavy (non-hydrogen) atoms. The van der Waals surface area contributed by atoms with Gasteiger partial charge in [0, 0.05) is 23.4 Å². The van der Waals surface area contributed by atoms with Gasteiger partial charge < -0.3 is 9.68 Å². The Hall–Kier alpha value is -1.86. The zero-order valence-corrected chi connectivity index (χ0v) is 6.99. The van der Waals surface area contributed by atoms with Crippen molar-refractivity contribution in [3.05, 3.63) is 0 Å². The first-order valence-corrected chi connectivity index (χ1v) is 3.99. The number of carbonyl (C=O) groups is 2. The molecule has 2 heterocycles. The van der Waals surface area contributed by atoms with Gasteiger partial charge in [0.05, 0.1) is 0 Å². The molecule has 0 fully saturated rings. The summed E-state index contributed by atoms with van der Waals surface area (Å²) in [6, 6.07) is 0. The molecule has 0 aromatic heterocycles. The van der Waals surface area contributed by atoms with Crippen LogP contribution in [-0.2, 0) is 19.3 Å². The smallest absolute Gasteiger partial charge is 0.311 e. The molecule has 8 nitrogen and oxygen atoms in total. The summed E-state index contributed by atoms with van der Waals surface area (Å²) in [5.74, 6) is -0.881. The van der Waals surface area contributed by atoms with Crippen LogP contribution in [0.15, 0.2) is 20.8 Å². The van der Waals surface area contributed by atoms with Crippen molar-refractivity contribution in [2.24, 2.45) is 20.8 Å². The van der Waals surface area contributed by atoms with Crippen molar-refractivity contribution >= 4 is 11.8 Å². The summed E-state index contributed by atoms with van der Waals surface area (Å²) in [5.41, 5.74) is 0. The summed E-state index contributed by atoms with van der Waals surface area (Å²) in [6.07, 6.45) is -0.778. The van der Waals surface area contributed by atoms with Crippen molar-refractivity contribution in [2.75, 3.05) is 0 Å². The van der Waals surface area contributed by atoms with Crippen LogP contribution in [0.1, 0.15) is 12.8 Å². The van der Waals surface area contributed by atoms with E-state index in [0.29, 0.717) is 12.8 Å². The highest BCUT2D eigenvalue weighted by molar-refractivity contribution is 5.83. The van der Waals surface area contributed by atoms with Crippen LogP contribution >= 0.6 is 0 Å². The molecule has 2 rings (SSSR count). The van der Waals surface area contributed by atoms with Crippen molar-refractivity contribution < 1.29 is 19.3 Å². The Balaban J connectivity index is 1.78. The second kappa shape index (κ2) is 3.48. The van der Waals surface area contributed by atoms with E-state index in [1.807, 2.05) is 0 Å². The van der Waals surface area contributed by atoms with Crippen molar-refractivity contribution in [1.82, 2.24) is 0 Å². The first-order valence-electron chi connectivity index (χ1n) is 3.99. The largest absolute Gasteiger partial charge is 0.366 e. The van der Waals surface area contributed by atoms with E-state index >= 15 is 0 Å². The number of amides is 2. The molecule has 74 valence electrons. The van der Waals surface area contributed by atoms with E-state index in [0.717, 1.165) is 0 Å². The van der Waals surface area contributed by atoms with E-state index in [9.17, 15) is 9.59 Å². The minimum Gasteiger partial charge on any atom is -0.366 e. The normalized spacial score (nSPS) is 29.4. The van der Waals surface area contributed by atoms with Gasteiger partial charge >= 0.3 is 11.8 Å². The predicted octanol–water partition coefficient (Wildman–Crippen LogP) is 0.352. The monoisotopic (exact) mass is 198 g/mol. The average molecular weight is 198 g/mol. The molecule has 0 radical (unpaired) electrons. The van der Waals surface area contributed by atoms with Crippen LogP contribution in [0.5, 0.6) is 0 Å². The Morgan fingerprint density at radius 1 is 0.929 bits per heavy atom. The first-order chi connectivity index (χ1) is 6.77. The number of carbonyl (C=O) groups excluding carboxylic acids is 2. The highest BCUT2D eigenvalue weighted by Gasteiger charge is 2.31. The summed E-state index contributed by atoms with van der Waals surface area (Å²) in [6.45, 7) is 0. The first kappa shape index (κ1) is 8.73. The fourth-order valence-electron chi connectivity index (χ4n) is 1.12. The van der Waals surface area contributed by atoms with E-state index in [1.54, 1.807) is 0 Å². The summed E-state index contributed by atoms with van der Waals surface area (Å²) in [4.78, 5) is 31.1. The van der Waals surface area contributed by atoms with Crippen molar-refractivity contribution in [3.63, 3.8) is 0 Å². The Morgan fingerprint density at radius 2 is 1.36 bits per heavy atom. The fraction of sp³-hybridized carbons (Fsp3) is 0.667. The Morgan fingerprint density at radius 3 is 1.64 bits per heavy atom. The van der Waals surface area contributed by atoms with E-state index < -0.39 is 24.0 Å². The lowest BCUT2D eigenvalue weighted by Crippen LogP contribution is -2.22. The highest BCUT2D eigenvalue weighted by atomic mass is 16.7. The predicted molar refractivity (Wildman–Crippen MR) is 38.7 cm³/mol. The maximum absolute atomic E-state index is 10.9. The fourth-order valence-corrected chi connectivity index (χ4v) is 1.12. The summed E-state index contributed by atoms with van der Waals surface area (Å²) >= 11 is 0. The minimum absolute atomic E-state index is 0.313. The van der Waals surface area contributed by atoms with E-state index in [-0.39, 0.29) is 0 Å². The molecule has 0 aromatic carbocycles. The van der Waals surface area contributed by atoms with Gasteiger partial charge in [-0.15, -0.1) is 0 Å². The van der Waals surface area contributed by atoms with E-state index in [1.165, 1.54) is 0 Å². The van der Waals surface area contributed by atoms with Gasteiger partial charge in [0.15, 0.2) is 0 Å². The third kappa shape index (κ3) is 1.58. The van der Waals surface area contributed by atoms with E-state index in [2.05, 4.69) is 30.5 Å². The molecule has 2 atom stereocenters. The number of rotatable bonds is 3. The van der Waals surface area contributed by atoms with Gasteiger partial charge in [-0.2, -0.15) is 0 Å². The molecule has 0 aliphatic carbocycles. The lowest BCUT2D eigenvalue weighted by Gasteiger charge is -2.06. The molecular formula is C6H6N4O4. The molecule has 0 bridgehead atoms. The second-order valence-electron chi connectivity index (χ2n) is 2.81. The Bertz CT molecular complexity index is 294. The standard InChI is InChI=1S/C6H6N4O4/c11-5-3(13-9-7-5)1-2-4-6(12)8-10-14-4/h3-4H,1-2H2. The molecule has 0 saturated heterocycles. The van der Waals surface area contributed by atoms with Crippen LogP contribution in [0, 0.1) is 0 Å². The van der Waals surface area contributed by atoms with Crippen molar-refractivity contribution in [2.45, 2.75) is 25.0 Å². The molecule has 0 saturated carbocycles. The SMILES string of the molecule is O=C1N=NOC1CCC1ON=NC1=O. The second-order valence-corrected chi connectivity index (χ2v) is 2.81. The summed E-state index contributed by atoms with van der Waals surface area (Å²) in [5, 5.41) is 12.6. The molecule has 0 N–H and O–H groups in total. The zero-order chi connectivity index (χ0) is 9.97. The van der Waals surface area contributed by atoms with Gasteiger partial charge in [0.1, 0.15) is 0 Å². The Labute approximate surface area is 77.9 Å². The van der Waals surface area contributed by atoms with Crippen LogP contribution < -0.4 is 0 Å². The van der Waals surface area contributed by atoms with Crippen LogP contribution in [-0.4, -0.2) is 24.0 Å². The maximum atomic E-state index is 10.9. The molecule has 2 aliphatic heterocycles. The molecule has 2 aliphatic rings. The number of hydrogen-bond acceptors (Lipinski definition) is 6. The molecule has 2 amide bonds. The maximum Gasteiger partial charge on any atom is 0.311 e. The van der Waals surface area contributed by atoms with Gasteiger partial charge in [-0.1, -0.05) is 10.2 Å². The van der Waals surface area contributed by atoms with Gasteiger partial charge in [-0.25, -0.2) is 0 Å². The molecule has 8 heteroatoms. The lowest BCUT2D eigenvalue weighted by atomic mass is 10.1. The zero-order valence-electron chi connectivity index (χ0n) is 6.99. The van der Waals surface area contributed by atoms with Crippen LogP contribution in [0.3, 0.4) is 0 Å². The molecule has 0 spiro atoms. The quantitative estimate of drug-likeness (QED) is 0.652. The lowest BCUT2D eigenvalue weighted by molar-refractivity contribution is -0.127. The molecular weight excluding hydrogens is 192 g/mol. The summed E-state index contributed by atoms with van der Waals surface area (Å²) in [7, 11) is 0. The topological polar surface area (TPSA) is 102 Å². The van der Waals surface area contributed by atoms with Gasteiger partial charge in [-0.3, -0.25) is 9.59 Å². The van der Waals surface area contributed by atoms with Crippen molar-refractivity contribution in [1.29, 1.82) is 0 Å². The average Bonchev–Trinajstić information content (AvgIpc) is 2.72. The van der Waals surface area contributed by atoms with E-state index in [4.69, 9.17) is 0 Å². The number of hydrogen-bond donors (Lipinski definition) is 0. The number of nitrogens with zero attached hydrogens (tertiary/aromatic N) is 4. The van der Waals surface area contributed by atoms with Gasteiger partial charge in [-0.05, 0) is 0 Å². The Kier molecular flexibility index (Phi) is 2.17. The van der Waals surface area contributed by atoms with Crippen LogP contribution in [0.4, 0.5) is 0 Å². The molecule has 2 unspecified atom stereocenters. The summed E-state index contributed by atoms with van der Waals surface area (Å²) < 4.78 is 0. The third-order valence-electron chi connectivity index (χ3n) is 1.87.